The Morgan fingerprint density at radius 3 is 2.58 bits per heavy atom. The molecule has 0 aromatic heterocycles. The molecule has 4 rings (SSSR count). The van der Waals surface area contributed by atoms with E-state index >= 15 is 0 Å². The molecule has 26 heavy (non-hydrogen) atoms. The normalized spacial score (nSPS) is 31.3. The first-order chi connectivity index (χ1) is 12.7. The molecule has 1 aromatic rings. The van der Waals surface area contributed by atoms with Gasteiger partial charge < -0.3 is 10.2 Å². The number of hydrogen-bond donors (Lipinski definition) is 1. The van der Waals surface area contributed by atoms with E-state index in [1.807, 2.05) is 11.9 Å². The topological polar surface area (TPSA) is 35.6 Å². The molecule has 3 fully saturated rings. The summed E-state index contributed by atoms with van der Waals surface area (Å²) in [4.78, 5) is 17.2. The van der Waals surface area contributed by atoms with Gasteiger partial charge in [0.05, 0.1) is 0 Å². The maximum absolute atomic E-state index is 12.7. The van der Waals surface area contributed by atoms with Crippen LogP contribution < -0.4 is 5.32 Å². The Hall–Kier alpha value is -1.39. The summed E-state index contributed by atoms with van der Waals surface area (Å²) in [6.07, 6.45) is 6.98. The van der Waals surface area contributed by atoms with Crippen LogP contribution in [0.1, 0.15) is 44.1 Å². The largest absolute Gasteiger partial charge is 0.345 e. The van der Waals surface area contributed by atoms with E-state index in [0.717, 1.165) is 32.6 Å². The van der Waals surface area contributed by atoms with Crippen LogP contribution in [0.5, 0.6) is 0 Å². The zero-order valence-corrected chi connectivity index (χ0v) is 16.1. The number of hydrogen-bond acceptors (Lipinski definition) is 3. The summed E-state index contributed by atoms with van der Waals surface area (Å²) < 4.78 is 0. The van der Waals surface area contributed by atoms with E-state index in [4.69, 9.17) is 0 Å². The highest BCUT2D eigenvalue weighted by molar-refractivity contribution is 5.76. The van der Waals surface area contributed by atoms with Crippen molar-refractivity contribution in [2.45, 2.75) is 57.2 Å². The van der Waals surface area contributed by atoms with Crippen molar-refractivity contribution >= 4 is 5.91 Å². The van der Waals surface area contributed by atoms with Gasteiger partial charge in [-0.2, -0.15) is 0 Å². The SMILES string of the molecule is CN(CC1CCN(Cc2ccccc2)C1)C(=O)CC1CC2CCC(C1)N2. The number of rotatable bonds is 6. The van der Waals surface area contributed by atoms with E-state index in [1.54, 1.807) is 0 Å². The fraction of sp³-hybridized carbons (Fsp3) is 0.682. The minimum Gasteiger partial charge on any atom is -0.345 e. The van der Waals surface area contributed by atoms with Crippen LogP contribution in [0.4, 0.5) is 0 Å². The molecule has 2 bridgehead atoms. The van der Waals surface area contributed by atoms with Crippen molar-refractivity contribution in [1.82, 2.24) is 15.1 Å². The van der Waals surface area contributed by atoms with Crippen LogP contribution >= 0.6 is 0 Å². The third-order valence-corrected chi connectivity index (χ3v) is 6.61. The van der Waals surface area contributed by atoms with Crippen molar-refractivity contribution in [2.75, 3.05) is 26.7 Å². The van der Waals surface area contributed by atoms with Gasteiger partial charge in [-0.3, -0.25) is 9.69 Å². The summed E-state index contributed by atoms with van der Waals surface area (Å²) in [7, 11) is 2.01. The number of carbonyl (C=O) groups excluding carboxylic acids is 1. The summed E-state index contributed by atoms with van der Waals surface area (Å²) in [6.45, 7) is 4.22. The number of carbonyl (C=O) groups is 1. The van der Waals surface area contributed by atoms with Gasteiger partial charge >= 0.3 is 0 Å². The minimum atomic E-state index is 0.359. The molecule has 0 spiro atoms. The van der Waals surface area contributed by atoms with Crippen molar-refractivity contribution in [3.8, 4) is 0 Å². The highest BCUT2D eigenvalue weighted by atomic mass is 16.2. The number of piperidine rings is 1. The summed E-state index contributed by atoms with van der Waals surface area (Å²) in [5.41, 5.74) is 1.39. The zero-order chi connectivity index (χ0) is 17.9. The Bertz CT molecular complexity index is 593. The molecule has 3 heterocycles. The van der Waals surface area contributed by atoms with Crippen LogP contribution in [0.2, 0.25) is 0 Å². The van der Waals surface area contributed by atoms with E-state index in [1.165, 1.54) is 37.7 Å². The maximum atomic E-state index is 12.7. The monoisotopic (exact) mass is 355 g/mol. The van der Waals surface area contributed by atoms with Gasteiger partial charge in [-0.1, -0.05) is 30.3 Å². The first-order valence-corrected chi connectivity index (χ1v) is 10.4. The highest BCUT2D eigenvalue weighted by Crippen LogP contribution is 2.33. The average molecular weight is 356 g/mol. The molecule has 142 valence electrons. The molecule has 0 radical (unpaired) electrons. The molecular weight excluding hydrogens is 322 g/mol. The molecule has 3 unspecified atom stereocenters. The van der Waals surface area contributed by atoms with Crippen molar-refractivity contribution in [2.24, 2.45) is 11.8 Å². The van der Waals surface area contributed by atoms with Gasteiger partial charge in [-0.25, -0.2) is 0 Å². The maximum Gasteiger partial charge on any atom is 0.222 e. The van der Waals surface area contributed by atoms with Crippen molar-refractivity contribution < 1.29 is 4.79 Å². The molecule has 1 amide bonds. The van der Waals surface area contributed by atoms with E-state index < -0.39 is 0 Å². The van der Waals surface area contributed by atoms with Crippen LogP contribution in [0.25, 0.3) is 0 Å². The van der Waals surface area contributed by atoms with Crippen molar-refractivity contribution in [3.63, 3.8) is 0 Å². The molecule has 1 N–H and O–H groups in total. The lowest BCUT2D eigenvalue weighted by Crippen LogP contribution is -2.40. The first-order valence-electron chi connectivity index (χ1n) is 10.4. The second kappa shape index (κ2) is 8.10. The summed E-state index contributed by atoms with van der Waals surface area (Å²) in [5.74, 6) is 1.58. The molecule has 3 aliphatic heterocycles. The van der Waals surface area contributed by atoms with E-state index in [9.17, 15) is 4.79 Å². The second-order valence-electron chi connectivity index (χ2n) is 8.83. The standard InChI is InChI=1S/C22H33N3O/c1-24(22(26)13-19-11-20-7-8-21(12-19)23-20)14-18-9-10-25(16-18)15-17-5-3-2-4-6-17/h2-6,18-21,23H,7-16H2,1H3. The Balaban J connectivity index is 1.21. The minimum absolute atomic E-state index is 0.359. The van der Waals surface area contributed by atoms with Gasteiger partial charge in [-0.05, 0) is 56.0 Å². The van der Waals surface area contributed by atoms with Crippen molar-refractivity contribution in [1.29, 1.82) is 0 Å². The molecule has 3 atom stereocenters. The third-order valence-electron chi connectivity index (χ3n) is 6.61. The quantitative estimate of drug-likeness (QED) is 0.852. The Morgan fingerprint density at radius 2 is 1.85 bits per heavy atom. The van der Waals surface area contributed by atoms with E-state index in [0.29, 0.717) is 29.8 Å². The third kappa shape index (κ3) is 4.47. The lowest BCUT2D eigenvalue weighted by atomic mass is 9.89. The van der Waals surface area contributed by atoms with Gasteiger partial charge in [0.15, 0.2) is 0 Å². The molecule has 3 saturated heterocycles. The predicted molar refractivity (Wildman–Crippen MR) is 105 cm³/mol. The van der Waals surface area contributed by atoms with Crippen LogP contribution in [-0.4, -0.2) is 54.5 Å². The van der Waals surface area contributed by atoms with E-state index in [-0.39, 0.29) is 0 Å². The molecular formula is C22H33N3O. The van der Waals surface area contributed by atoms with E-state index in [2.05, 4.69) is 40.5 Å². The zero-order valence-electron chi connectivity index (χ0n) is 16.1. The summed E-state index contributed by atoms with van der Waals surface area (Å²) in [5, 5.41) is 3.68. The fourth-order valence-corrected chi connectivity index (χ4v) is 5.28. The van der Waals surface area contributed by atoms with Gasteiger partial charge in [0.1, 0.15) is 0 Å². The number of likely N-dealkylation sites (tertiary alicyclic amines) is 1. The lowest BCUT2D eigenvalue weighted by molar-refractivity contribution is -0.131. The van der Waals surface area contributed by atoms with Crippen LogP contribution in [0.3, 0.4) is 0 Å². The predicted octanol–water partition coefficient (Wildman–Crippen LogP) is 2.89. The Kier molecular flexibility index (Phi) is 5.60. The van der Waals surface area contributed by atoms with Gasteiger partial charge in [0.2, 0.25) is 5.91 Å². The molecule has 0 saturated carbocycles. The Labute approximate surface area is 157 Å². The van der Waals surface area contributed by atoms with Crippen LogP contribution in [0, 0.1) is 11.8 Å². The summed E-state index contributed by atoms with van der Waals surface area (Å²) >= 11 is 0. The molecule has 4 nitrogen and oxygen atoms in total. The molecule has 0 aliphatic carbocycles. The van der Waals surface area contributed by atoms with Crippen molar-refractivity contribution in [3.05, 3.63) is 35.9 Å². The molecule has 3 aliphatic rings. The highest BCUT2D eigenvalue weighted by Gasteiger charge is 2.35. The fourth-order valence-electron chi connectivity index (χ4n) is 5.28. The Morgan fingerprint density at radius 1 is 1.12 bits per heavy atom. The second-order valence-corrected chi connectivity index (χ2v) is 8.83. The number of amides is 1. The van der Waals surface area contributed by atoms with Crippen LogP contribution in [0.15, 0.2) is 30.3 Å². The van der Waals surface area contributed by atoms with Gasteiger partial charge in [0.25, 0.3) is 0 Å². The number of benzene rings is 1. The average Bonchev–Trinajstić information content (AvgIpc) is 3.21. The van der Waals surface area contributed by atoms with Gasteiger partial charge in [-0.15, -0.1) is 0 Å². The lowest BCUT2D eigenvalue weighted by Gasteiger charge is -2.30. The molecule has 1 aromatic carbocycles. The number of nitrogens with zero attached hydrogens (tertiary/aromatic N) is 2. The molecule has 4 heteroatoms. The first kappa shape index (κ1) is 18.0. The van der Waals surface area contributed by atoms with Gasteiger partial charge in [0, 0.05) is 45.2 Å². The smallest absolute Gasteiger partial charge is 0.222 e. The summed E-state index contributed by atoms with van der Waals surface area (Å²) in [6, 6.07) is 12.1. The number of fused-ring (bicyclic) bond motifs is 2. The number of nitrogens with one attached hydrogen (secondary N) is 1. The van der Waals surface area contributed by atoms with Crippen LogP contribution in [-0.2, 0) is 11.3 Å².